The van der Waals surface area contributed by atoms with Crippen molar-refractivity contribution in [2.45, 2.75) is 45.2 Å². The Kier molecular flexibility index (Phi) is 11.0. The number of nitroso groups, excluding NO2 is 1. The summed E-state index contributed by atoms with van der Waals surface area (Å²) in [5.74, 6) is -0.692. The van der Waals surface area contributed by atoms with E-state index in [-0.39, 0.29) is 36.7 Å². The average Bonchev–Trinajstić information content (AvgIpc) is 2.92. The van der Waals surface area contributed by atoms with Gasteiger partial charge in [-0.25, -0.2) is 9.18 Å². The van der Waals surface area contributed by atoms with Crippen molar-refractivity contribution in [2.75, 3.05) is 25.0 Å². The van der Waals surface area contributed by atoms with Crippen molar-refractivity contribution in [1.29, 1.82) is 5.41 Å². The minimum atomic E-state index is -4.96. The number of amides is 1. The molecule has 9 nitrogen and oxygen atoms in total. The van der Waals surface area contributed by atoms with E-state index in [1.807, 2.05) is 35.2 Å². The fourth-order valence-corrected chi connectivity index (χ4v) is 4.03. The van der Waals surface area contributed by atoms with Crippen molar-refractivity contribution >= 4 is 23.2 Å². The summed E-state index contributed by atoms with van der Waals surface area (Å²) in [6.07, 6.45) is -7.07. The predicted octanol–water partition coefficient (Wildman–Crippen LogP) is 7.12. The number of anilines is 1. The van der Waals surface area contributed by atoms with Gasteiger partial charge in [0.1, 0.15) is 29.4 Å². The number of hydrogen-bond acceptors (Lipinski definition) is 8. The maximum Gasteiger partial charge on any atom is 0.433 e. The van der Waals surface area contributed by atoms with Crippen molar-refractivity contribution < 1.29 is 36.9 Å². The first-order chi connectivity index (χ1) is 20.2. The molecule has 0 fully saturated rings. The summed E-state index contributed by atoms with van der Waals surface area (Å²) in [5, 5.41) is 23.3. The molecule has 3 aromatic rings. The molecule has 0 heterocycles. The molecule has 1 amide bonds. The Morgan fingerprint density at radius 2 is 1.77 bits per heavy atom. The largest absolute Gasteiger partial charge is 0.492 e. The highest BCUT2D eigenvalue weighted by Gasteiger charge is 2.37. The van der Waals surface area contributed by atoms with Crippen LogP contribution >= 0.6 is 0 Å². The van der Waals surface area contributed by atoms with Crippen molar-refractivity contribution in [1.82, 2.24) is 4.90 Å². The number of ether oxygens (including phenoxy) is 2. The maximum atomic E-state index is 13.7. The first-order valence-corrected chi connectivity index (χ1v) is 13.2. The Bertz CT molecular complexity index is 1430. The van der Waals surface area contributed by atoms with Gasteiger partial charge < -0.3 is 14.6 Å². The second-order valence-electron chi connectivity index (χ2n) is 10.6. The predicted molar refractivity (Wildman–Crippen MR) is 153 cm³/mol. The van der Waals surface area contributed by atoms with Gasteiger partial charge in [0.05, 0.1) is 11.8 Å². The zero-order chi connectivity index (χ0) is 31.8. The second-order valence-corrected chi connectivity index (χ2v) is 10.6. The number of nitrogens with zero attached hydrogens (tertiary/aromatic N) is 2. The highest BCUT2D eigenvalue weighted by atomic mass is 19.4. The molecule has 0 aliphatic heterocycles. The monoisotopic (exact) mass is 604 g/mol. The van der Waals surface area contributed by atoms with E-state index in [1.165, 1.54) is 24.3 Å². The highest BCUT2D eigenvalue weighted by molar-refractivity contribution is 6.08. The molecule has 0 saturated carbocycles. The lowest BCUT2D eigenvalue weighted by molar-refractivity contribution is -0.0587. The van der Waals surface area contributed by atoms with E-state index >= 15 is 0 Å². The van der Waals surface area contributed by atoms with Crippen LogP contribution in [0.4, 0.5) is 33.7 Å². The Labute approximate surface area is 245 Å². The molecule has 43 heavy (non-hydrogen) atoms. The van der Waals surface area contributed by atoms with E-state index < -0.39 is 46.8 Å². The minimum absolute atomic E-state index is 0.0199. The molecule has 0 radical (unpaired) electrons. The Balaban J connectivity index is 1.78. The molecule has 3 rings (SSSR count). The van der Waals surface area contributed by atoms with Crippen LogP contribution in [0.15, 0.2) is 71.9 Å². The van der Waals surface area contributed by atoms with Crippen molar-refractivity contribution in [3.8, 4) is 5.75 Å². The van der Waals surface area contributed by atoms with Gasteiger partial charge in [-0.15, -0.1) is 4.91 Å². The van der Waals surface area contributed by atoms with E-state index in [1.54, 1.807) is 20.8 Å². The summed E-state index contributed by atoms with van der Waals surface area (Å²) >= 11 is 0. The van der Waals surface area contributed by atoms with E-state index in [4.69, 9.17) is 14.9 Å². The molecule has 0 bridgehead atoms. The first-order valence-electron chi connectivity index (χ1n) is 13.2. The van der Waals surface area contributed by atoms with Gasteiger partial charge in [0.2, 0.25) is 0 Å². The fourth-order valence-electron chi connectivity index (χ4n) is 4.03. The molecule has 0 aliphatic carbocycles. The molecule has 0 spiro atoms. The third-order valence-corrected chi connectivity index (χ3v) is 5.99. The molecule has 0 aliphatic rings. The van der Waals surface area contributed by atoms with Gasteiger partial charge in [-0.05, 0) is 61.3 Å². The summed E-state index contributed by atoms with van der Waals surface area (Å²) in [7, 11) is 0. The second kappa shape index (κ2) is 14.2. The van der Waals surface area contributed by atoms with Gasteiger partial charge in [0.25, 0.3) is 0 Å². The number of rotatable bonds is 12. The van der Waals surface area contributed by atoms with Crippen LogP contribution in [-0.4, -0.2) is 53.3 Å². The maximum absolute atomic E-state index is 13.7. The van der Waals surface area contributed by atoms with Gasteiger partial charge in [-0.1, -0.05) is 36.4 Å². The Morgan fingerprint density at radius 3 is 2.40 bits per heavy atom. The van der Waals surface area contributed by atoms with Gasteiger partial charge in [0, 0.05) is 31.3 Å². The van der Waals surface area contributed by atoms with Crippen molar-refractivity contribution in [2.24, 2.45) is 5.18 Å². The molecule has 230 valence electrons. The lowest BCUT2D eigenvalue weighted by atomic mass is 10.1. The lowest BCUT2D eigenvalue weighted by Crippen LogP contribution is -2.32. The zero-order valence-electron chi connectivity index (χ0n) is 23.7. The molecular formula is C30H32F4N4O5. The van der Waals surface area contributed by atoms with Crippen LogP contribution in [0, 0.1) is 16.1 Å². The third kappa shape index (κ3) is 10.1. The molecule has 3 N–H and O–H groups in total. The van der Waals surface area contributed by atoms with Crippen LogP contribution in [0.3, 0.4) is 0 Å². The third-order valence-electron chi connectivity index (χ3n) is 5.99. The van der Waals surface area contributed by atoms with Crippen LogP contribution in [0.1, 0.15) is 43.6 Å². The van der Waals surface area contributed by atoms with Crippen LogP contribution in [-0.2, 0) is 11.3 Å². The fraction of sp³-hybridized carbons (Fsp3) is 0.333. The highest BCUT2D eigenvalue weighted by Crippen LogP contribution is 2.30. The summed E-state index contributed by atoms with van der Waals surface area (Å²) in [5.41, 5.74) is -2.67. The van der Waals surface area contributed by atoms with Crippen molar-refractivity contribution in [3.63, 3.8) is 0 Å². The van der Waals surface area contributed by atoms with Gasteiger partial charge in [0.15, 0.2) is 5.82 Å². The van der Waals surface area contributed by atoms with Gasteiger partial charge in [-0.2, -0.15) is 13.2 Å². The number of aliphatic hydroxyl groups excluding tert-OH is 1. The normalized spacial score (nSPS) is 12.5. The summed E-state index contributed by atoms with van der Waals surface area (Å²) in [4.78, 5) is 25.1. The number of carbonyl (C=O) groups excluding carboxylic acids is 1. The smallest absolute Gasteiger partial charge is 0.433 e. The number of benzene rings is 3. The molecule has 0 saturated heterocycles. The molecule has 3 aromatic carbocycles. The van der Waals surface area contributed by atoms with Crippen LogP contribution in [0.5, 0.6) is 5.75 Å². The number of nitrogens with one attached hydrogen (secondary N) is 2. The number of halogens is 4. The van der Waals surface area contributed by atoms with E-state index in [0.29, 0.717) is 6.54 Å². The number of hydrogen-bond donors (Lipinski definition) is 3. The SMILES string of the molecule is CC(C)(C)OC(=O)Nc1cc(OCCN(Cc2ccccc2)C[C@H](O)c2ccc(F)c(N=O)c2)ccc1C(=N)C(F)(F)F. The summed E-state index contributed by atoms with van der Waals surface area (Å²) < 4.78 is 64.6. The molecule has 0 aromatic heterocycles. The lowest BCUT2D eigenvalue weighted by Gasteiger charge is -2.26. The number of carbonyl (C=O) groups is 1. The molecular weight excluding hydrogens is 572 g/mol. The topological polar surface area (TPSA) is 124 Å². The number of alkyl halides is 3. The average molecular weight is 605 g/mol. The van der Waals surface area contributed by atoms with Crippen LogP contribution in [0.2, 0.25) is 0 Å². The van der Waals surface area contributed by atoms with Gasteiger partial charge in [-0.3, -0.25) is 15.6 Å². The van der Waals surface area contributed by atoms with Crippen molar-refractivity contribution in [3.05, 3.63) is 94.1 Å². The summed E-state index contributed by atoms with van der Waals surface area (Å²) in [6.45, 7) is 5.49. The first kappa shape index (κ1) is 33.1. The molecule has 0 unspecified atom stereocenters. The quantitative estimate of drug-likeness (QED) is 0.115. The van der Waals surface area contributed by atoms with Crippen LogP contribution in [0.25, 0.3) is 0 Å². The van der Waals surface area contributed by atoms with E-state index in [9.17, 15) is 32.4 Å². The zero-order valence-corrected chi connectivity index (χ0v) is 23.7. The summed E-state index contributed by atoms with van der Waals surface area (Å²) in [6, 6.07) is 16.3. The Hall–Kier alpha value is -4.36. The standard InChI is InChI=1S/C30H32F4N4O5/c1-29(2,3)43-28(40)36-24-16-21(10-11-22(24)27(35)30(32,33)34)42-14-13-38(17-19-7-5-4-6-8-19)18-26(39)20-9-12-23(31)25(15-20)37-41/h4-12,15-16,26,35,39H,13-14,17-18H2,1-3H3,(H,36,40)/t26-/m0/s1. The Morgan fingerprint density at radius 1 is 1.07 bits per heavy atom. The molecule has 13 heteroatoms. The van der Waals surface area contributed by atoms with E-state index in [2.05, 4.69) is 10.5 Å². The van der Waals surface area contributed by atoms with E-state index in [0.717, 1.165) is 17.7 Å². The van der Waals surface area contributed by atoms with Crippen LogP contribution < -0.4 is 10.1 Å². The van der Waals surface area contributed by atoms with Gasteiger partial charge >= 0.3 is 12.3 Å². The minimum Gasteiger partial charge on any atom is -0.492 e. The number of aliphatic hydroxyl groups is 1. The molecule has 1 atom stereocenters.